The SMILES string of the molecule is C[C@@H](Nc1nc(C(F)(F)F)cn2nc(C3=CCN(C(=O)OC(C)(C)C)CC3)nc12)c1cc(N)cc(C(F)(F)F)c1. The van der Waals surface area contributed by atoms with Gasteiger partial charge in [-0.2, -0.15) is 26.3 Å². The number of fused-ring (bicyclic) bond motifs is 1. The number of nitrogen functional groups attached to an aromatic ring is 1. The molecule has 0 fully saturated rings. The van der Waals surface area contributed by atoms with Gasteiger partial charge in [-0.3, -0.25) is 0 Å². The molecule has 1 amide bonds. The normalized spacial score (nSPS) is 15.7. The van der Waals surface area contributed by atoms with Gasteiger partial charge in [0.1, 0.15) is 5.60 Å². The summed E-state index contributed by atoms with van der Waals surface area (Å²) in [4.78, 5) is 21.8. The quantitative estimate of drug-likeness (QED) is 0.295. The fraction of sp³-hybridized carbons (Fsp3) is 0.440. The summed E-state index contributed by atoms with van der Waals surface area (Å²) in [5, 5.41) is 6.93. The van der Waals surface area contributed by atoms with Crippen molar-refractivity contribution in [2.75, 3.05) is 24.1 Å². The lowest BCUT2D eigenvalue weighted by atomic mass is 10.0. The second-order valence-electron chi connectivity index (χ2n) is 10.3. The summed E-state index contributed by atoms with van der Waals surface area (Å²) in [5.74, 6) is -0.201. The number of amides is 1. The van der Waals surface area contributed by atoms with E-state index in [9.17, 15) is 31.1 Å². The fourth-order valence-electron chi connectivity index (χ4n) is 4.00. The standard InChI is InChI=1S/C25H27F6N7O2/c1-13(15-9-16(24(26,27)28)11-17(32)10-15)33-20-21-35-19(36-38(21)12-18(34-20)25(29,30)31)14-5-7-37(8-6-14)22(39)40-23(2,3)4/h5,9-13H,6-8,32H2,1-4H3,(H,33,34)/t13-/m1/s1. The van der Waals surface area contributed by atoms with Crippen LogP contribution in [0, 0.1) is 0 Å². The number of anilines is 2. The van der Waals surface area contributed by atoms with E-state index in [-0.39, 0.29) is 41.6 Å². The van der Waals surface area contributed by atoms with Gasteiger partial charge in [0.2, 0.25) is 0 Å². The van der Waals surface area contributed by atoms with Crippen LogP contribution >= 0.6 is 0 Å². The number of hydrogen-bond donors (Lipinski definition) is 2. The van der Waals surface area contributed by atoms with E-state index in [4.69, 9.17) is 10.5 Å². The number of ether oxygens (including phenoxy) is 1. The molecule has 4 rings (SSSR count). The number of benzene rings is 1. The molecule has 3 aromatic rings. The molecule has 3 heterocycles. The van der Waals surface area contributed by atoms with Gasteiger partial charge in [0.25, 0.3) is 0 Å². The van der Waals surface area contributed by atoms with Crippen molar-refractivity contribution in [2.24, 2.45) is 0 Å². The van der Waals surface area contributed by atoms with Crippen LogP contribution < -0.4 is 11.1 Å². The van der Waals surface area contributed by atoms with Crippen LogP contribution in [0.3, 0.4) is 0 Å². The Hall–Kier alpha value is -4.04. The number of hydrogen-bond acceptors (Lipinski definition) is 7. The summed E-state index contributed by atoms with van der Waals surface area (Å²) in [6, 6.07) is 1.98. The number of halogens is 6. The molecule has 1 aliphatic heterocycles. The smallest absolute Gasteiger partial charge is 0.434 e. The topological polar surface area (TPSA) is 111 Å². The molecule has 3 N–H and O–H groups in total. The van der Waals surface area contributed by atoms with Gasteiger partial charge >= 0.3 is 18.4 Å². The van der Waals surface area contributed by atoms with Gasteiger partial charge in [0.15, 0.2) is 23.0 Å². The number of rotatable bonds is 4. The fourth-order valence-corrected chi connectivity index (χ4v) is 4.00. The second kappa shape index (κ2) is 10.2. The van der Waals surface area contributed by atoms with Gasteiger partial charge in [-0.15, -0.1) is 5.10 Å². The Bertz CT molecular complexity index is 1460. The highest BCUT2D eigenvalue weighted by molar-refractivity contribution is 5.72. The van der Waals surface area contributed by atoms with Crippen molar-refractivity contribution in [1.29, 1.82) is 0 Å². The van der Waals surface area contributed by atoms with Gasteiger partial charge in [0, 0.05) is 18.8 Å². The molecule has 1 aliphatic rings. The highest BCUT2D eigenvalue weighted by Crippen LogP contribution is 2.35. The van der Waals surface area contributed by atoms with Gasteiger partial charge in [-0.25, -0.2) is 19.3 Å². The summed E-state index contributed by atoms with van der Waals surface area (Å²) in [5.41, 5.74) is 3.17. The van der Waals surface area contributed by atoms with E-state index in [0.29, 0.717) is 18.2 Å². The van der Waals surface area contributed by atoms with Crippen LogP contribution in [0.15, 0.2) is 30.5 Å². The first kappa shape index (κ1) is 29.0. The zero-order chi connectivity index (χ0) is 29.6. The Kier molecular flexibility index (Phi) is 7.36. The second-order valence-corrected chi connectivity index (χ2v) is 10.3. The minimum Gasteiger partial charge on any atom is -0.444 e. The molecule has 216 valence electrons. The third-order valence-corrected chi connectivity index (χ3v) is 5.92. The van der Waals surface area contributed by atoms with Gasteiger partial charge in [0.05, 0.1) is 17.8 Å². The first-order valence-electron chi connectivity index (χ1n) is 12.2. The van der Waals surface area contributed by atoms with E-state index in [2.05, 4.69) is 20.4 Å². The van der Waals surface area contributed by atoms with E-state index in [0.717, 1.165) is 16.6 Å². The van der Waals surface area contributed by atoms with Crippen LogP contribution in [0.5, 0.6) is 0 Å². The summed E-state index contributed by atoms with van der Waals surface area (Å²) in [7, 11) is 0. The molecule has 1 aromatic carbocycles. The summed E-state index contributed by atoms with van der Waals surface area (Å²) >= 11 is 0. The van der Waals surface area contributed by atoms with Crippen LogP contribution in [0.4, 0.5) is 42.6 Å². The van der Waals surface area contributed by atoms with Gasteiger partial charge < -0.3 is 20.7 Å². The third kappa shape index (κ3) is 6.57. The van der Waals surface area contributed by atoms with Crippen LogP contribution in [0.25, 0.3) is 11.2 Å². The Labute approximate surface area is 225 Å². The molecule has 2 aromatic heterocycles. The van der Waals surface area contributed by atoms with Crippen LogP contribution in [0.2, 0.25) is 0 Å². The number of nitrogens with one attached hydrogen (secondary N) is 1. The first-order valence-corrected chi connectivity index (χ1v) is 12.2. The lowest BCUT2D eigenvalue weighted by molar-refractivity contribution is -0.141. The van der Waals surface area contributed by atoms with E-state index >= 15 is 0 Å². The molecule has 15 heteroatoms. The number of carbonyl (C=O) groups is 1. The summed E-state index contributed by atoms with van der Waals surface area (Å²) < 4.78 is 87.0. The predicted octanol–water partition coefficient (Wildman–Crippen LogP) is 5.94. The molecule has 0 spiro atoms. The molecular weight excluding hydrogens is 544 g/mol. The molecule has 0 saturated heterocycles. The zero-order valence-electron chi connectivity index (χ0n) is 22.0. The third-order valence-electron chi connectivity index (χ3n) is 5.92. The minimum atomic E-state index is -4.83. The Morgan fingerprint density at radius 2 is 1.77 bits per heavy atom. The van der Waals surface area contributed by atoms with Crippen molar-refractivity contribution in [2.45, 2.75) is 58.1 Å². The average Bonchev–Trinajstić information content (AvgIpc) is 3.26. The summed E-state index contributed by atoms with van der Waals surface area (Å²) in [6.07, 6.45) is -7.32. The van der Waals surface area contributed by atoms with E-state index < -0.39 is 41.3 Å². The first-order chi connectivity index (χ1) is 18.4. The molecule has 0 unspecified atom stereocenters. The number of alkyl halides is 6. The maximum Gasteiger partial charge on any atom is 0.434 e. The van der Waals surface area contributed by atoms with E-state index in [1.807, 2.05) is 0 Å². The van der Waals surface area contributed by atoms with Crippen molar-refractivity contribution in [1.82, 2.24) is 24.5 Å². The lowest BCUT2D eigenvalue weighted by Crippen LogP contribution is -2.39. The molecule has 0 bridgehead atoms. The molecule has 9 nitrogen and oxygen atoms in total. The van der Waals surface area contributed by atoms with E-state index in [1.54, 1.807) is 26.8 Å². The lowest BCUT2D eigenvalue weighted by Gasteiger charge is -2.29. The van der Waals surface area contributed by atoms with Gasteiger partial charge in [-0.05, 0) is 63.5 Å². The highest BCUT2D eigenvalue weighted by Gasteiger charge is 2.35. The van der Waals surface area contributed by atoms with Crippen LogP contribution in [-0.2, 0) is 17.1 Å². The van der Waals surface area contributed by atoms with Crippen molar-refractivity contribution >= 4 is 28.8 Å². The van der Waals surface area contributed by atoms with Crippen molar-refractivity contribution < 1.29 is 35.9 Å². The molecule has 0 radical (unpaired) electrons. The average molecular weight is 572 g/mol. The van der Waals surface area contributed by atoms with Crippen molar-refractivity contribution in [3.05, 3.63) is 53.1 Å². The monoisotopic (exact) mass is 571 g/mol. The molecule has 40 heavy (non-hydrogen) atoms. The Balaban J connectivity index is 1.67. The van der Waals surface area contributed by atoms with Crippen molar-refractivity contribution in [3.8, 4) is 0 Å². The maximum atomic E-state index is 13.6. The predicted molar refractivity (Wildman–Crippen MR) is 134 cm³/mol. The van der Waals surface area contributed by atoms with Gasteiger partial charge in [-0.1, -0.05) is 6.08 Å². The maximum absolute atomic E-state index is 13.6. The molecular formula is C25H27F6N7O2. The number of aromatic nitrogens is 4. The number of nitrogens with zero attached hydrogens (tertiary/aromatic N) is 5. The molecule has 0 aliphatic carbocycles. The molecule has 1 atom stereocenters. The highest BCUT2D eigenvalue weighted by atomic mass is 19.4. The number of nitrogens with two attached hydrogens (primary N) is 1. The number of carbonyl (C=O) groups excluding carboxylic acids is 1. The van der Waals surface area contributed by atoms with Crippen LogP contribution in [0.1, 0.15) is 62.8 Å². The summed E-state index contributed by atoms with van der Waals surface area (Å²) in [6.45, 7) is 7.16. The zero-order valence-corrected chi connectivity index (χ0v) is 22.0. The van der Waals surface area contributed by atoms with Crippen molar-refractivity contribution in [3.63, 3.8) is 0 Å². The largest absolute Gasteiger partial charge is 0.444 e. The minimum absolute atomic E-state index is 0.0646. The Morgan fingerprint density at radius 3 is 2.35 bits per heavy atom. The molecule has 0 saturated carbocycles. The van der Waals surface area contributed by atoms with Crippen LogP contribution in [-0.4, -0.2) is 49.3 Å². The Morgan fingerprint density at radius 1 is 1.07 bits per heavy atom. The van der Waals surface area contributed by atoms with E-state index in [1.165, 1.54) is 17.9 Å².